The maximum atomic E-state index is 11.0. The van der Waals surface area contributed by atoms with Crippen LogP contribution in [0.5, 0.6) is 0 Å². The molecule has 1 aromatic heterocycles. The van der Waals surface area contributed by atoms with E-state index in [0.29, 0.717) is 12.0 Å². The van der Waals surface area contributed by atoms with Crippen molar-refractivity contribution in [3.63, 3.8) is 0 Å². The van der Waals surface area contributed by atoms with Gasteiger partial charge in [0.25, 0.3) is 10.1 Å². The second kappa shape index (κ2) is 5.92. The molecule has 0 aromatic carbocycles. The Balaban J connectivity index is 0. The molecule has 4 nitrogen and oxygen atoms in total. The molecule has 0 aliphatic rings. The van der Waals surface area contributed by atoms with Crippen molar-refractivity contribution in [1.29, 1.82) is 0 Å². The van der Waals surface area contributed by atoms with Crippen molar-refractivity contribution in [3.8, 4) is 0 Å². The summed E-state index contributed by atoms with van der Waals surface area (Å²) in [6.45, 7) is 1.88. The largest absolute Gasteiger partial charge is 1.00 e. The number of hydrogen-bond acceptors (Lipinski definition) is 2. The minimum Gasteiger partial charge on any atom is -1.00 e. The summed E-state index contributed by atoms with van der Waals surface area (Å²) in [5, 5.41) is -0.788. The standard InChI is InChI=1S/C8H13NO3S.Na.H/c1-2-3-8(13(10,11)12)7-4-5-9-6-7;;/h4-6,8-9H,2-3H2,1H3,(H,10,11,12);;/q;+1;-1. The van der Waals surface area contributed by atoms with E-state index in [-0.39, 0.29) is 31.0 Å². The number of rotatable bonds is 4. The second-order valence-electron chi connectivity index (χ2n) is 2.94. The molecule has 2 N–H and O–H groups in total. The summed E-state index contributed by atoms with van der Waals surface area (Å²) in [4.78, 5) is 2.77. The molecule has 0 saturated carbocycles. The maximum Gasteiger partial charge on any atom is 1.00 e. The first-order valence-corrected chi connectivity index (χ1v) is 5.65. The van der Waals surface area contributed by atoms with Crippen LogP contribution in [0.4, 0.5) is 0 Å². The summed E-state index contributed by atoms with van der Waals surface area (Å²) >= 11 is 0. The van der Waals surface area contributed by atoms with E-state index in [1.165, 1.54) is 0 Å². The van der Waals surface area contributed by atoms with Crippen LogP contribution in [0, 0.1) is 0 Å². The molecule has 1 atom stereocenters. The Labute approximate surface area is 108 Å². The van der Waals surface area contributed by atoms with Gasteiger partial charge in [-0.05, 0) is 18.1 Å². The van der Waals surface area contributed by atoms with Crippen molar-refractivity contribution in [3.05, 3.63) is 24.0 Å². The maximum absolute atomic E-state index is 11.0. The van der Waals surface area contributed by atoms with Crippen LogP contribution in [-0.2, 0) is 10.1 Å². The third-order valence-corrected chi connectivity index (χ3v) is 3.13. The van der Waals surface area contributed by atoms with Gasteiger partial charge in [-0.25, -0.2) is 0 Å². The Kier molecular flexibility index (Phi) is 6.00. The van der Waals surface area contributed by atoms with Gasteiger partial charge in [-0.2, -0.15) is 8.42 Å². The first-order valence-electron chi connectivity index (χ1n) is 4.14. The molecule has 6 heteroatoms. The molecule has 0 bridgehead atoms. The number of aromatic amines is 1. The van der Waals surface area contributed by atoms with Crippen LogP contribution in [0.15, 0.2) is 18.5 Å². The average Bonchev–Trinajstić information content (AvgIpc) is 2.49. The summed E-state index contributed by atoms with van der Waals surface area (Å²) in [6.07, 6.45) is 4.39. The van der Waals surface area contributed by atoms with E-state index in [2.05, 4.69) is 4.98 Å². The first kappa shape index (κ1) is 14.2. The van der Waals surface area contributed by atoms with E-state index in [0.717, 1.165) is 6.42 Å². The molecule has 1 heterocycles. The second-order valence-corrected chi connectivity index (χ2v) is 4.54. The van der Waals surface area contributed by atoms with Gasteiger partial charge in [0.05, 0.1) is 0 Å². The van der Waals surface area contributed by atoms with Crippen LogP contribution in [0.2, 0.25) is 0 Å². The van der Waals surface area contributed by atoms with Gasteiger partial charge in [-0.3, -0.25) is 4.55 Å². The van der Waals surface area contributed by atoms with E-state index >= 15 is 0 Å². The van der Waals surface area contributed by atoms with Crippen LogP contribution in [0.3, 0.4) is 0 Å². The van der Waals surface area contributed by atoms with Gasteiger partial charge in [0.15, 0.2) is 0 Å². The molecule has 1 unspecified atom stereocenters. The van der Waals surface area contributed by atoms with Gasteiger partial charge in [-0.15, -0.1) is 0 Å². The molecule has 1 aromatic rings. The first-order chi connectivity index (χ1) is 6.05. The predicted molar refractivity (Wildman–Crippen MR) is 51.1 cm³/mol. The van der Waals surface area contributed by atoms with Crippen molar-refractivity contribution >= 4 is 10.1 Å². The summed E-state index contributed by atoms with van der Waals surface area (Å²) < 4.78 is 30.9. The van der Waals surface area contributed by atoms with Crippen LogP contribution < -0.4 is 29.6 Å². The van der Waals surface area contributed by atoms with Crippen molar-refractivity contribution in [2.24, 2.45) is 0 Å². The summed E-state index contributed by atoms with van der Waals surface area (Å²) in [5.74, 6) is 0. The average molecular weight is 227 g/mol. The minimum absolute atomic E-state index is 0. The predicted octanol–water partition coefficient (Wildman–Crippen LogP) is -1.14. The van der Waals surface area contributed by atoms with Crippen LogP contribution >= 0.6 is 0 Å². The Morgan fingerprint density at radius 2 is 2.29 bits per heavy atom. The quantitative estimate of drug-likeness (QED) is 0.504. The Bertz CT molecular complexity index is 352. The van der Waals surface area contributed by atoms with Gasteiger partial charge in [-0.1, -0.05) is 13.3 Å². The monoisotopic (exact) mass is 227 g/mol. The molecular weight excluding hydrogens is 213 g/mol. The zero-order chi connectivity index (χ0) is 9.90. The zero-order valence-electron chi connectivity index (χ0n) is 9.40. The number of hydrogen-bond donors (Lipinski definition) is 2. The van der Waals surface area contributed by atoms with Gasteiger partial charge in [0, 0.05) is 12.4 Å². The molecule has 1 rings (SSSR count). The van der Waals surface area contributed by atoms with Crippen molar-refractivity contribution in [2.45, 2.75) is 25.0 Å². The van der Waals surface area contributed by atoms with E-state index in [1.807, 2.05) is 6.92 Å². The molecule has 0 aliphatic carbocycles. The van der Waals surface area contributed by atoms with Crippen molar-refractivity contribution < 1.29 is 44.0 Å². The number of nitrogens with one attached hydrogen (secondary N) is 1. The molecule has 76 valence electrons. The zero-order valence-corrected chi connectivity index (χ0v) is 11.2. The van der Waals surface area contributed by atoms with Crippen LogP contribution in [0.25, 0.3) is 0 Å². The van der Waals surface area contributed by atoms with Gasteiger partial charge < -0.3 is 6.41 Å². The van der Waals surface area contributed by atoms with Gasteiger partial charge in [0.1, 0.15) is 5.25 Å². The van der Waals surface area contributed by atoms with Gasteiger partial charge in [0.2, 0.25) is 0 Å². The molecule has 0 radical (unpaired) electrons. The smallest absolute Gasteiger partial charge is 1.00 e. The fraction of sp³-hybridized carbons (Fsp3) is 0.500. The molecule has 0 fully saturated rings. The van der Waals surface area contributed by atoms with E-state index in [1.54, 1.807) is 18.5 Å². The third kappa shape index (κ3) is 3.74. The number of H-pyrrole nitrogens is 1. The topological polar surface area (TPSA) is 70.2 Å². The molecule has 0 saturated heterocycles. The Morgan fingerprint density at radius 1 is 1.64 bits per heavy atom. The van der Waals surface area contributed by atoms with E-state index < -0.39 is 15.4 Å². The van der Waals surface area contributed by atoms with E-state index in [9.17, 15) is 8.42 Å². The molecule has 0 spiro atoms. The van der Waals surface area contributed by atoms with Crippen molar-refractivity contribution in [1.82, 2.24) is 4.98 Å². The molecule has 14 heavy (non-hydrogen) atoms. The summed E-state index contributed by atoms with van der Waals surface area (Å²) in [7, 11) is -3.97. The Hall–Kier alpha value is 0.190. The minimum atomic E-state index is -3.97. The molecule has 0 amide bonds. The van der Waals surface area contributed by atoms with Crippen molar-refractivity contribution in [2.75, 3.05) is 0 Å². The molecular formula is C8H14NNaO3S. The fourth-order valence-corrected chi connectivity index (χ4v) is 2.31. The van der Waals surface area contributed by atoms with Crippen LogP contribution in [0.1, 0.15) is 32.0 Å². The number of aromatic nitrogens is 1. The summed E-state index contributed by atoms with van der Waals surface area (Å²) in [5.41, 5.74) is 0.615. The summed E-state index contributed by atoms with van der Waals surface area (Å²) in [6, 6.07) is 1.66. The fourth-order valence-electron chi connectivity index (χ4n) is 1.29. The Morgan fingerprint density at radius 3 is 2.64 bits per heavy atom. The molecule has 0 aliphatic heterocycles. The normalized spacial score (nSPS) is 13.3. The van der Waals surface area contributed by atoms with E-state index in [4.69, 9.17) is 4.55 Å². The van der Waals surface area contributed by atoms with Gasteiger partial charge >= 0.3 is 29.6 Å². The SMILES string of the molecule is CCCC(c1cc[nH]c1)S(=O)(=O)O.[H-].[Na+]. The third-order valence-electron chi connectivity index (χ3n) is 1.90. The van der Waals surface area contributed by atoms with Crippen LogP contribution in [-0.4, -0.2) is 18.0 Å².